The summed E-state index contributed by atoms with van der Waals surface area (Å²) in [6, 6.07) is 19.5. The van der Waals surface area contributed by atoms with Gasteiger partial charge in [0, 0.05) is 109 Å². The number of hydrogen-bond donors (Lipinski definition) is 7. The average Bonchev–Trinajstić information content (AvgIpc) is 3.98. The molecule has 0 radical (unpaired) electrons. The van der Waals surface area contributed by atoms with Gasteiger partial charge in [-0.05, 0) is 117 Å². The van der Waals surface area contributed by atoms with Gasteiger partial charge in [0.15, 0.2) is 0 Å². The number of nitrogens with zero attached hydrogens (tertiary/aromatic N) is 4. The van der Waals surface area contributed by atoms with Crippen LogP contribution < -0.4 is 42.0 Å². The van der Waals surface area contributed by atoms with E-state index in [-0.39, 0.29) is 67.3 Å². The summed E-state index contributed by atoms with van der Waals surface area (Å²) in [4.78, 5) is 130. The van der Waals surface area contributed by atoms with Gasteiger partial charge in [0.2, 0.25) is 23.6 Å². The summed E-state index contributed by atoms with van der Waals surface area (Å²) >= 11 is 6.57. The molecule has 1 fully saturated rings. The van der Waals surface area contributed by atoms with E-state index in [1.165, 1.54) is 12.2 Å². The summed E-state index contributed by atoms with van der Waals surface area (Å²) in [5.74, 6) is -3.79. The first-order valence-electron chi connectivity index (χ1n) is 27.9. The minimum atomic E-state index is -1.06. The Labute approximate surface area is 481 Å². The zero-order valence-corrected chi connectivity index (χ0v) is 47.6. The third kappa shape index (κ3) is 14.5. The minimum Gasteiger partial charge on any atom is -0.409 e. The van der Waals surface area contributed by atoms with Gasteiger partial charge < -0.3 is 56.7 Å². The van der Waals surface area contributed by atoms with Crippen LogP contribution in [0.4, 0.5) is 21.9 Å². The molecule has 4 heterocycles. The molecule has 8 N–H and O–H groups in total. The predicted octanol–water partition coefficient (Wildman–Crippen LogP) is 6.23. The highest BCUT2D eigenvalue weighted by Gasteiger charge is 2.37. The first kappa shape index (κ1) is 60.0. The monoisotopic (exact) mass is 1140 g/mol. The first-order valence-corrected chi connectivity index (χ1v) is 28.4. The van der Waals surface area contributed by atoms with Gasteiger partial charge in [-0.1, -0.05) is 52.0 Å². The van der Waals surface area contributed by atoms with Crippen molar-refractivity contribution in [1.82, 2.24) is 35.6 Å². The quantitative estimate of drug-likeness (QED) is 0.0218. The van der Waals surface area contributed by atoms with E-state index < -0.39 is 65.6 Å². The molecule has 3 aliphatic heterocycles. The van der Waals surface area contributed by atoms with Crippen molar-refractivity contribution >= 4 is 104 Å². The minimum absolute atomic E-state index is 0.0494. The zero-order chi connectivity index (χ0) is 58.8. The molecule has 0 spiro atoms. The predicted molar refractivity (Wildman–Crippen MR) is 314 cm³/mol. The van der Waals surface area contributed by atoms with Crippen molar-refractivity contribution < 1.29 is 47.9 Å². The molecule has 9 amide bonds. The molecule has 0 bridgehead atoms. The Balaban J connectivity index is 0.889. The van der Waals surface area contributed by atoms with Crippen LogP contribution in [-0.4, -0.2) is 150 Å². The summed E-state index contributed by atoms with van der Waals surface area (Å²) in [7, 11) is 2.01. The van der Waals surface area contributed by atoms with Crippen LogP contribution in [0.5, 0.6) is 5.75 Å². The number of nitrogens with two attached hydrogens (primary N) is 1. The lowest BCUT2D eigenvalue weighted by atomic mass is 9.95. The van der Waals surface area contributed by atoms with E-state index in [0.717, 1.165) is 34.3 Å². The Kier molecular flexibility index (Phi) is 19.8. The lowest BCUT2D eigenvalue weighted by Crippen LogP contribution is -2.57. The van der Waals surface area contributed by atoms with Crippen molar-refractivity contribution in [2.45, 2.75) is 90.3 Å². The van der Waals surface area contributed by atoms with Crippen LogP contribution >= 0.6 is 11.6 Å². The number of rotatable bonds is 23. The molecule has 1 aromatic heterocycles. The van der Waals surface area contributed by atoms with Crippen LogP contribution in [0.1, 0.15) is 98.5 Å². The maximum absolute atomic E-state index is 14.5. The Hall–Kier alpha value is -8.14. The zero-order valence-electron chi connectivity index (χ0n) is 46.9. The average molecular weight is 1140 g/mol. The maximum Gasteiger partial charge on any atom is 0.415 e. The number of amides is 9. The number of alkyl halides is 1. The number of likely N-dealkylation sites (N-methyl/N-ethyl adjacent to an activating group) is 1. The number of carbonyl (C=O) groups excluding carboxylic acids is 9. The number of nitrogens with one attached hydrogen (secondary N) is 6. The number of H-pyrrole nitrogens is 1. The van der Waals surface area contributed by atoms with Gasteiger partial charge in [-0.3, -0.25) is 43.3 Å². The molecule has 8 rings (SSSR count). The number of ether oxygens (including phenoxy) is 1. The van der Waals surface area contributed by atoms with Crippen molar-refractivity contribution in [2.75, 3.05) is 74.3 Å². The number of carbonyl (C=O) groups is 9. The Bertz CT molecular complexity index is 3240. The highest BCUT2D eigenvalue weighted by Crippen LogP contribution is 2.46. The Morgan fingerprint density at radius 3 is 2.11 bits per heavy atom. The number of piperazine rings is 1. The topological polar surface area (TPSA) is 278 Å². The van der Waals surface area contributed by atoms with Crippen LogP contribution in [0, 0.1) is 11.8 Å². The molecule has 22 heteroatoms. The second-order valence-corrected chi connectivity index (χ2v) is 22.2. The lowest BCUT2D eigenvalue weighted by Gasteiger charge is -2.31. The molecule has 0 saturated carbocycles. The Morgan fingerprint density at radius 1 is 0.756 bits per heavy atom. The lowest BCUT2D eigenvalue weighted by molar-refractivity contribution is -0.137. The highest BCUT2D eigenvalue weighted by molar-refractivity contribution is 6.19. The molecule has 21 nitrogen and oxygen atoms in total. The van der Waals surface area contributed by atoms with Crippen molar-refractivity contribution in [1.29, 1.82) is 0 Å². The molecular formula is C60H72ClN11O10. The van der Waals surface area contributed by atoms with E-state index >= 15 is 0 Å². The van der Waals surface area contributed by atoms with Crippen molar-refractivity contribution in [3.63, 3.8) is 0 Å². The van der Waals surface area contributed by atoms with Crippen LogP contribution in [0.3, 0.4) is 0 Å². The smallest absolute Gasteiger partial charge is 0.409 e. The van der Waals surface area contributed by atoms with E-state index in [2.05, 4.69) is 36.5 Å². The van der Waals surface area contributed by atoms with Gasteiger partial charge in [-0.25, -0.2) is 4.79 Å². The standard InChI is InChI=1S/C60H72ClN11O10/c1-35(2)29-46(67-58(79)54(36(3)4)68-50(73)14-10-24-71-51(74)21-22-52(71)75)57(78)66-45(13-8-9-23-62)56(77)63-40-17-15-37(16-18-40)55(76)64-41-19-20-44-38(30-41)31-47(65-44)59(80)72-34-39(33-61)53-43-12-7-6-11-42(43)49(32-48(53)72)82-60(81)70-27-25-69(5)26-28-70/h6-7,11-12,15-22,30-32,35-36,39,45-46,54,65H,8-10,13-14,23-29,33-34,62H2,1-5H3,(H,63,77)(H,64,76)(H,66,78)(H,67,79)(H,68,73)/t39-,45+,46+,54?/m1/s1. The van der Waals surface area contributed by atoms with E-state index in [1.807, 2.05) is 45.2 Å². The SMILES string of the molecule is CC(C)C[C@H](NC(=O)C(NC(=O)CCCN1C(=O)C=CC1=O)C(C)C)C(=O)N[C@@H](CCCCN)C(=O)Nc1ccc(C(=O)Nc2ccc3[nH]c(C(=O)N4C[C@@H](CCl)c5c4cc(OC(=O)N4CCN(C)CC4)c4ccccc54)cc3c2)cc1. The summed E-state index contributed by atoms with van der Waals surface area (Å²) in [5.41, 5.74) is 9.37. The van der Waals surface area contributed by atoms with Crippen molar-refractivity contribution in [3.05, 3.63) is 108 Å². The van der Waals surface area contributed by atoms with E-state index in [0.29, 0.717) is 78.4 Å². The summed E-state index contributed by atoms with van der Waals surface area (Å²) < 4.78 is 6.06. The second kappa shape index (κ2) is 27.1. The Morgan fingerprint density at radius 2 is 1.44 bits per heavy atom. The van der Waals surface area contributed by atoms with Crippen LogP contribution in [0.15, 0.2) is 91.0 Å². The molecule has 0 aliphatic carbocycles. The van der Waals surface area contributed by atoms with Crippen LogP contribution in [0.25, 0.3) is 21.7 Å². The number of fused-ring (bicyclic) bond motifs is 4. The van der Waals surface area contributed by atoms with E-state index in [9.17, 15) is 43.2 Å². The maximum atomic E-state index is 14.5. The molecule has 3 aliphatic rings. The molecule has 434 valence electrons. The van der Waals surface area contributed by atoms with E-state index in [4.69, 9.17) is 22.1 Å². The van der Waals surface area contributed by atoms with Gasteiger partial charge in [0.05, 0.1) is 5.69 Å². The largest absolute Gasteiger partial charge is 0.415 e. The second-order valence-electron chi connectivity index (χ2n) is 21.9. The number of aromatic amines is 1. The number of benzene rings is 4. The molecule has 1 saturated heterocycles. The van der Waals surface area contributed by atoms with Crippen LogP contribution in [-0.2, 0) is 28.8 Å². The van der Waals surface area contributed by atoms with Crippen molar-refractivity contribution in [3.8, 4) is 5.75 Å². The number of anilines is 3. The van der Waals surface area contributed by atoms with Crippen molar-refractivity contribution in [2.24, 2.45) is 17.6 Å². The molecule has 5 aromatic rings. The normalized spacial score (nSPS) is 16.4. The van der Waals surface area contributed by atoms with Crippen LogP contribution in [0.2, 0.25) is 0 Å². The van der Waals surface area contributed by atoms with Gasteiger partial charge in [-0.15, -0.1) is 11.6 Å². The molecule has 82 heavy (non-hydrogen) atoms. The summed E-state index contributed by atoms with van der Waals surface area (Å²) in [5, 5.41) is 16.4. The fraction of sp³-hybridized carbons (Fsp3) is 0.417. The number of aromatic nitrogens is 1. The van der Waals surface area contributed by atoms with Gasteiger partial charge in [0.25, 0.3) is 23.6 Å². The first-order chi connectivity index (χ1) is 39.3. The van der Waals surface area contributed by atoms with Gasteiger partial charge >= 0.3 is 6.09 Å². The number of unbranched alkanes of at least 4 members (excludes halogenated alkanes) is 1. The summed E-state index contributed by atoms with van der Waals surface area (Å²) in [6.07, 6.45) is 3.60. The molecule has 1 unspecified atom stereocenters. The third-order valence-electron chi connectivity index (χ3n) is 14.9. The highest BCUT2D eigenvalue weighted by atomic mass is 35.5. The molecular weight excluding hydrogens is 1070 g/mol. The number of imide groups is 1. The molecule has 4 atom stereocenters. The van der Waals surface area contributed by atoms with Gasteiger partial charge in [-0.2, -0.15) is 0 Å². The fourth-order valence-corrected chi connectivity index (χ4v) is 10.7. The summed E-state index contributed by atoms with van der Waals surface area (Å²) in [6.45, 7) is 10.6. The van der Waals surface area contributed by atoms with E-state index in [1.54, 1.807) is 78.2 Å². The molecule has 4 aromatic carbocycles. The fourth-order valence-electron chi connectivity index (χ4n) is 10.4. The third-order valence-corrected chi connectivity index (χ3v) is 15.3. The number of hydrogen-bond acceptors (Lipinski definition) is 12. The van der Waals surface area contributed by atoms with Gasteiger partial charge in [0.1, 0.15) is 29.6 Å². The number of halogens is 1.